The van der Waals surface area contributed by atoms with Crippen molar-refractivity contribution >= 4 is 12.2 Å². The largest absolute Gasteiger partial charge is 0.497 e. The molecule has 5 nitrogen and oxygen atoms in total. The van der Waals surface area contributed by atoms with Crippen LogP contribution in [0.25, 0.3) is 11.5 Å². The molecule has 1 N–H and O–H groups in total. The summed E-state index contributed by atoms with van der Waals surface area (Å²) >= 11 is 5.32. The topological polar surface area (TPSA) is 44.6 Å². The Bertz CT molecular complexity index is 677. The molecule has 0 saturated carbocycles. The van der Waals surface area contributed by atoms with Crippen LogP contribution in [0.3, 0.4) is 0 Å². The molecule has 0 amide bonds. The van der Waals surface area contributed by atoms with Gasteiger partial charge in [-0.25, -0.2) is 0 Å². The fraction of sp³-hybridized carbons (Fsp3) is 0.500. The van der Waals surface area contributed by atoms with Gasteiger partial charge in [-0.05, 0) is 49.3 Å². The number of hydrogen-bond donors (Lipinski definition) is 1. The zero-order valence-electron chi connectivity index (χ0n) is 13.0. The average Bonchev–Trinajstić information content (AvgIpc) is 2.88. The molecule has 22 heavy (non-hydrogen) atoms. The summed E-state index contributed by atoms with van der Waals surface area (Å²) in [5.41, 5.74) is 0.910. The second kappa shape index (κ2) is 6.62. The molecule has 2 aromatic rings. The first-order valence-electron chi connectivity index (χ1n) is 7.71. The Labute approximate surface area is 135 Å². The molecule has 118 valence electrons. The van der Waals surface area contributed by atoms with E-state index < -0.39 is 0 Å². The van der Waals surface area contributed by atoms with Gasteiger partial charge in [-0.1, -0.05) is 6.92 Å². The van der Waals surface area contributed by atoms with E-state index in [-0.39, 0.29) is 0 Å². The highest BCUT2D eigenvalue weighted by Gasteiger charge is 2.21. The van der Waals surface area contributed by atoms with E-state index in [2.05, 4.69) is 12.0 Å². The van der Waals surface area contributed by atoms with Crippen LogP contribution in [0.2, 0.25) is 0 Å². The predicted octanol–water partition coefficient (Wildman–Crippen LogP) is 2.15. The Morgan fingerprint density at radius 1 is 1.41 bits per heavy atom. The molecule has 3 rings (SSSR count). The zero-order valence-corrected chi connectivity index (χ0v) is 13.9. The van der Waals surface area contributed by atoms with E-state index in [0.29, 0.717) is 10.7 Å². The van der Waals surface area contributed by atoms with Crippen molar-refractivity contribution in [2.24, 2.45) is 5.92 Å². The number of methoxy groups -OCH3 is 1. The van der Waals surface area contributed by atoms with Gasteiger partial charge in [-0.2, -0.15) is 4.68 Å². The third-order valence-corrected chi connectivity index (χ3v) is 4.48. The van der Waals surface area contributed by atoms with Crippen molar-refractivity contribution in [3.63, 3.8) is 0 Å². The van der Waals surface area contributed by atoms with Crippen molar-refractivity contribution in [1.29, 1.82) is 0 Å². The van der Waals surface area contributed by atoms with Crippen LogP contribution in [0, 0.1) is 10.8 Å². The SMILES string of the molecule is COc1ccc(-c2nn(C[NH+]3CCC[C@H](C)C3)c(=S)o2)cc1. The number of likely N-dealkylation sites (tertiary alicyclic amines) is 1. The lowest BCUT2D eigenvalue weighted by Gasteiger charge is -2.27. The Hall–Kier alpha value is -1.66. The minimum atomic E-state index is 0.441. The number of nitrogens with zero attached hydrogens (tertiary/aromatic N) is 2. The minimum Gasteiger partial charge on any atom is -0.497 e. The van der Waals surface area contributed by atoms with Crippen LogP contribution in [-0.4, -0.2) is 30.0 Å². The first-order chi connectivity index (χ1) is 10.7. The van der Waals surface area contributed by atoms with Gasteiger partial charge in [0.2, 0.25) is 5.89 Å². The molecule has 6 heteroatoms. The first kappa shape index (κ1) is 15.2. The number of aromatic nitrogens is 2. The number of nitrogens with one attached hydrogen (secondary N) is 1. The molecule has 1 aliphatic rings. The molecular formula is C16H22N3O2S+. The molecule has 2 atom stereocenters. The van der Waals surface area contributed by atoms with Crippen LogP contribution in [-0.2, 0) is 6.67 Å². The number of hydrogen-bond acceptors (Lipinski definition) is 4. The van der Waals surface area contributed by atoms with Crippen LogP contribution in [0.15, 0.2) is 28.7 Å². The maximum atomic E-state index is 5.66. The Morgan fingerprint density at radius 2 is 2.18 bits per heavy atom. The maximum Gasteiger partial charge on any atom is 0.292 e. The van der Waals surface area contributed by atoms with E-state index in [9.17, 15) is 0 Å². The van der Waals surface area contributed by atoms with Gasteiger partial charge in [0.05, 0.1) is 20.2 Å². The average molecular weight is 320 g/mol. The smallest absolute Gasteiger partial charge is 0.292 e. The number of benzene rings is 1. The van der Waals surface area contributed by atoms with E-state index in [0.717, 1.165) is 23.9 Å². The summed E-state index contributed by atoms with van der Waals surface area (Å²) in [5, 5.41) is 4.54. The van der Waals surface area contributed by atoms with Crippen LogP contribution in [0.5, 0.6) is 5.75 Å². The van der Waals surface area contributed by atoms with Crippen LogP contribution in [0.1, 0.15) is 19.8 Å². The Kier molecular flexibility index (Phi) is 4.59. The predicted molar refractivity (Wildman–Crippen MR) is 86.4 cm³/mol. The van der Waals surface area contributed by atoms with E-state index in [1.54, 1.807) is 7.11 Å². The van der Waals surface area contributed by atoms with Gasteiger partial charge in [0.15, 0.2) is 6.67 Å². The van der Waals surface area contributed by atoms with Crippen LogP contribution >= 0.6 is 12.2 Å². The fourth-order valence-corrected chi connectivity index (χ4v) is 3.19. The molecule has 1 aromatic heterocycles. The van der Waals surface area contributed by atoms with Crippen molar-refractivity contribution in [2.45, 2.75) is 26.4 Å². The molecule has 0 spiro atoms. The van der Waals surface area contributed by atoms with Gasteiger partial charge in [0.1, 0.15) is 5.75 Å². The Balaban J connectivity index is 1.76. The van der Waals surface area contributed by atoms with Crippen molar-refractivity contribution in [2.75, 3.05) is 20.2 Å². The summed E-state index contributed by atoms with van der Waals surface area (Å²) in [5.74, 6) is 2.15. The highest BCUT2D eigenvalue weighted by molar-refractivity contribution is 7.71. The molecule has 2 heterocycles. The summed E-state index contributed by atoms with van der Waals surface area (Å²) in [6, 6.07) is 7.65. The van der Waals surface area contributed by atoms with Gasteiger partial charge in [0, 0.05) is 11.5 Å². The van der Waals surface area contributed by atoms with Crippen LogP contribution < -0.4 is 9.64 Å². The van der Waals surface area contributed by atoms with E-state index >= 15 is 0 Å². The second-order valence-corrected chi connectivity index (χ2v) is 6.36. The highest BCUT2D eigenvalue weighted by atomic mass is 32.1. The maximum absolute atomic E-state index is 5.66. The minimum absolute atomic E-state index is 0.441. The summed E-state index contributed by atoms with van der Waals surface area (Å²) in [6.45, 7) is 5.44. The number of quaternary nitrogens is 1. The number of rotatable bonds is 4. The molecule has 1 aliphatic heterocycles. The lowest BCUT2D eigenvalue weighted by atomic mass is 10.0. The van der Waals surface area contributed by atoms with Crippen LogP contribution in [0.4, 0.5) is 0 Å². The standard InChI is InChI=1S/C16H21N3O2S/c1-12-4-3-9-18(10-12)11-19-16(22)21-15(17-19)13-5-7-14(20-2)8-6-13/h5-8,12H,3-4,9-11H2,1-2H3/p+1/t12-/m0/s1. The fourth-order valence-electron chi connectivity index (χ4n) is 3.01. The molecule has 0 aliphatic carbocycles. The van der Waals surface area contributed by atoms with Gasteiger partial charge in [-0.3, -0.25) is 0 Å². The van der Waals surface area contributed by atoms with Gasteiger partial charge >= 0.3 is 0 Å². The third kappa shape index (κ3) is 3.39. The summed E-state index contributed by atoms with van der Waals surface area (Å²) in [7, 11) is 1.65. The molecule has 1 aromatic carbocycles. The van der Waals surface area contributed by atoms with Gasteiger partial charge in [0.25, 0.3) is 4.84 Å². The van der Waals surface area contributed by atoms with Crippen molar-refractivity contribution in [3.05, 3.63) is 29.1 Å². The molecule has 1 unspecified atom stereocenters. The number of piperidine rings is 1. The second-order valence-electron chi connectivity index (χ2n) is 6.01. The summed E-state index contributed by atoms with van der Waals surface area (Å²) in [4.78, 5) is 1.96. The lowest BCUT2D eigenvalue weighted by molar-refractivity contribution is -0.931. The van der Waals surface area contributed by atoms with Gasteiger partial charge < -0.3 is 14.1 Å². The molecular weight excluding hydrogens is 298 g/mol. The highest BCUT2D eigenvalue weighted by Crippen LogP contribution is 2.21. The summed E-state index contributed by atoms with van der Waals surface area (Å²) in [6.07, 6.45) is 2.60. The van der Waals surface area contributed by atoms with E-state index in [1.807, 2.05) is 28.9 Å². The molecule has 0 bridgehead atoms. The summed E-state index contributed by atoms with van der Waals surface area (Å²) < 4.78 is 12.6. The van der Waals surface area contributed by atoms with Crippen molar-refractivity contribution in [3.8, 4) is 17.2 Å². The van der Waals surface area contributed by atoms with E-state index in [1.165, 1.54) is 30.8 Å². The molecule has 1 fully saturated rings. The number of ether oxygens (including phenoxy) is 1. The third-order valence-electron chi connectivity index (χ3n) is 4.18. The van der Waals surface area contributed by atoms with Crippen molar-refractivity contribution in [1.82, 2.24) is 9.78 Å². The normalized spacial score (nSPS) is 21.7. The molecule has 0 radical (unpaired) electrons. The zero-order chi connectivity index (χ0) is 15.5. The quantitative estimate of drug-likeness (QED) is 0.877. The van der Waals surface area contributed by atoms with Gasteiger partial charge in [-0.15, -0.1) is 5.10 Å². The molecule has 1 saturated heterocycles. The monoisotopic (exact) mass is 320 g/mol. The lowest BCUT2D eigenvalue weighted by Crippen LogP contribution is -3.12. The van der Waals surface area contributed by atoms with E-state index in [4.69, 9.17) is 21.4 Å². The van der Waals surface area contributed by atoms with Crippen molar-refractivity contribution < 1.29 is 14.1 Å². The Morgan fingerprint density at radius 3 is 2.86 bits per heavy atom. The first-order valence-corrected chi connectivity index (χ1v) is 8.12.